The number of benzene rings is 1. The number of nitrogens with zero attached hydrogens (tertiary/aromatic N) is 5. The van der Waals surface area contributed by atoms with Crippen molar-refractivity contribution in [2.24, 2.45) is 5.92 Å². The highest BCUT2D eigenvalue weighted by Gasteiger charge is 2.38. The van der Waals surface area contributed by atoms with Crippen LogP contribution < -0.4 is 15.0 Å². The molecule has 3 heterocycles. The summed E-state index contributed by atoms with van der Waals surface area (Å²) < 4.78 is 45.8. The Hall–Kier alpha value is -3.37. The maximum absolute atomic E-state index is 13.1. The molecule has 1 aliphatic heterocycles. The molecular weight excluding hydrogens is 437 g/mol. The van der Waals surface area contributed by atoms with Gasteiger partial charge in [-0.25, -0.2) is 0 Å². The third kappa shape index (κ3) is 5.01. The predicted octanol–water partition coefficient (Wildman–Crippen LogP) is 3.17. The first-order valence-electron chi connectivity index (χ1n) is 10.8. The fraction of sp³-hybridized carbons (Fsp3) is 0.455. The number of alkyl halides is 3. The van der Waals surface area contributed by atoms with Crippen molar-refractivity contribution < 1.29 is 22.7 Å². The van der Waals surface area contributed by atoms with Gasteiger partial charge in [0, 0.05) is 19.0 Å². The fourth-order valence-electron chi connectivity index (χ4n) is 3.99. The van der Waals surface area contributed by atoms with Crippen molar-refractivity contribution in [1.82, 2.24) is 25.1 Å². The maximum atomic E-state index is 13.1. The highest BCUT2D eigenvalue weighted by Crippen LogP contribution is 2.29. The number of rotatable bonds is 6. The lowest BCUT2D eigenvalue weighted by molar-refractivity contribution is -0.146. The summed E-state index contributed by atoms with van der Waals surface area (Å²) in [6.45, 7) is 5.76. The molecule has 4 rings (SSSR count). The van der Waals surface area contributed by atoms with Crippen LogP contribution in [-0.4, -0.2) is 52.0 Å². The lowest BCUT2D eigenvalue weighted by Gasteiger charge is -2.32. The molecule has 176 valence electrons. The Bertz CT molecular complexity index is 1120. The number of para-hydroxylation sites is 1. The first-order valence-corrected chi connectivity index (χ1v) is 10.8. The van der Waals surface area contributed by atoms with Gasteiger partial charge in [-0.15, -0.1) is 15.3 Å². The lowest BCUT2D eigenvalue weighted by atomic mass is 9.96. The van der Waals surface area contributed by atoms with Crippen molar-refractivity contribution in [3.05, 3.63) is 47.3 Å². The van der Waals surface area contributed by atoms with Crippen LogP contribution >= 0.6 is 0 Å². The quantitative estimate of drug-likeness (QED) is 0.567. The summed E-state index contributed by atoms with van der Waals surface area (Å²) in [7, 11) is 0. The minimum Gasteiger partial charge on any atom is -0.491 e. The molecule has 0 saturated carbocycles. The number of carbonyl (C=O) groups excluding carboxylic acids is 1. The van der Waals surface area contributed by atoms with E-state index >= 15 is 0 Å². The van der Waals surface area contributed by atoms with Crippen molar-refractivity contribution >= 4 is 17.4 Å². The third-order valence-electron chi connectivity index (χ3n) is 5.75. The van der Waals surface area contributed by atoms with Crippen molar-refractivity contribution in [2.75, 3.05) is 31.1 Å². The minimum atomic E-state index is -4.64. The molecule has 0 radical (unpaired) electrons. The van der Waals surface area contributed by atoms with Crippen LogP contribution in [0.4, 0.5) is 19.0 Å². The Morgan fingerprint density at radius 2 is 1.82 bits per heavy atom. The number of fused-ring (bicyclic) bond motifs is 1. The number of aryl methyl sites for hydroxylation is 2. The van der Waals surface area contributed by atoms with Crippen LogP contribution in [0.2, 0.25) is 0 Å². The molecule has 0 spiro atoms. The maximum Gasteiger partial charge on any atom is 0.453 e. The first kappa shape index (κ1) is 22.8. The topological polar surface area (TPSA) is 84.6 Å². The Labute approximate surface area is 188 Å². The zero-order valence-electron chi connectivity index (χ0n) is 18.4. The van der Waals surface area contributed by atoms with Crippen LogP contribution in [0.5, 0.6) is 5.75 Å². The average molecular weight is 462 g/mol. The van der Waals surface area contributed by atoms with E-state index in [0.29, 0.717) is 49.4 Å². The molecular formula is C22H25F3N6O2. The SMILES string of the molecule is Cc1cccc(C)c1OCCNC(=O)C1CCN(c2ccc3nnc(C(F)(F)F)n3n2)CC1. The molecule has 1 aliphatic rings. The zero-order valence-corrected chi connectivity index (χ0v) is 18.4. The van der Waals surface area contributed by atoms with E-state index in [4.69, 9.17) is 4.74 Å². The number of anilines is 1. The number of hydrogen-bond acceptors (Lipinski definition) is 6. The largest absolute Gasteiger partial charge is 0.491 e. The Morgan fingerprint density at radius 1 is 1.12 bits per heavy atom. The van der Waals surface area contributed by atoms with Gasteiger partial charge in [-0.1, -0.05) is 18.2 Å². The molecule has 1 amide bonds. The second kappa shape index (κ2) is 9.24. The Morgan fingerprint density at radius 3 is 2.48 bits per heavy atom. The van der Waals surface area contributed by atoms with E-state index in [2.05, 4.69) is 20.6 Å². The fourth-order valence-corrected chi connectivity index (χ4v) is 3.99. The normalized spacial score (nSPS) is 15.1. The molecule has 8 nitrogen and oxygen atoms in total. The van der Waals surface area contributed by atoms with E-state index in [1.807, 2.05) is 36.9 Å². The number of halogens is 3. The van der Waals surface area contributed by atoms with E-state index < -0.39 is 12.0 Å². The third-order valence-corrected chi connectivity index (χ3v) is 5.75. The molecule has 1 saturated heterocycles. The van der Waals surface area contributed by atoms with Gasteiger partial charge in [-0.3, -0.25) is 4.79 Å². The molecule has 2 aromatic heterocycles. The summed E-state index contributed by atoms with van der Waals surface area (Å²) in [5, 5.41) is 13.7. The molecule has 0 bridgehead atoms. The molecule has 3 aromatic rings. The van der Waals surface area contributed by atoms with Gasteiger partial charge in [0.2, 0.25) is 5.91 Å². The number of carbonyl (C=O) groups is 1. The standard InChI is InChI=1S/C22H25F3N6O2/c1-14-4-3-5-15(2)19(14)33-13-10-26-20(32)16-8-11-30(12-9-16)18-7-6-17-27-28-21(22(23,24)25)31(17)29-18/h3-7,16H,8-13H2,1-2H3,(H,26,32). The number of hydrogen-bond donors (Lipinski definition) is 1. The number of piperidine rings is 1. The van der Waals surface area contributed by atoms with Crippen molar-refractivity contribution in [1.29, 1.82) is 0 Å². The van der Waals surface area contributed by atoms with Gasteiger partial charge < -0.3 is 15.0 Å². The number of amides is 1. The van der Waals surface area contributed by atoms with Crippen molar-refractivity contribution in [3.63, 3.8) is 0 Å². The van der Waals surface area contributed by atoms with Crippen LogP contribution in [0.3, 0.4) is 0 Å². The summed E-state index contributed by atoms with van der Waals surface area (Å²) in [4.78, 5) is 14.4. The van der Waals surface area contributed by atoms with Gasteiger partial charge in [0.1, 0.15) is 18.2 Å². The highest BCUT2D eigenvalue weighted by molar-refractivity contribution is 5.79. The second-order valence-corrected chi connectivity index (χ2v) is 8.10. The van der Waals surface area contributed by atoms with Gasteiger partial charge in [0.05, 0.1) is 6.54 Å². The van der Waals surface area contributed by atoms with Crippen LogP contribution in [0.1, 0.15) is 29.8 Å². The molecule has 0 atom stereocenters. The average Bonchev–Trinajstić information content (AvgIpc) is 3.22. The molecule has 33 heavy (non-hydrogen) atoms. The summed E-state index contributed by atoms with van der Waals surface area (Å²) in [5.41, 5.74) is 2.13. The van der Waals surface area contributed by atoms with Crippen LogP contribution in [0.25, 0.3) is 5.65 Å². The van der Waals surface area contributed by atoms with Crippen LogP contribution in [0, 0.1) is 19.8 Å². The number of ether oxygens (including phenoxy) is 1. The van der Waals surface area contributed by atoms with Gasteiger partial charge >= 0.3 is 6.18 Å². The first-order chi connectivity index (χ1) is 15.7. The number of aromatic nitrogens is 4. The Kier molecular flexibility index (Phi) is 6.39. The van der Waals surface area contributed by atoms with Gasteiger partial charge in [0.25, 0.3) is 5.82 Å². The summed E-state index contributed by atoms with van der Waals surface area (Å²) >= 11 is 0. The van der Waals surface area contributed by atoms with Crippen molar-refractivity contribution in [3.8, 4) is 5.75 Å². The molecule has 1 aromatic carbocycles. The summed E-state index contributed by atoms with van der Waals surface area (Å²) in [6, 6.07) is 9.01. The Balaban J connectivity index is 1.28. The van der Waals surface area contributed by atoms with E-state index in [0.717, 1.165) is 16.9 Å². The van der Waals surface area contributed by atoms with Crippen LogP contribution in [0.15, 0.2) is 30.3 Å². The van der Waals surface area contributed by atoms with Crippen LogP contribution in [-0.2, 0) is 11.0 Å². The highest BCUT2D eigenvalue weighted by atomic mass is 19.4. The summed E-state index contributed by atoms with van der Waals surface area (Å²) in [5.74, 6) is -0.121. The van der Waals surface area contributed by atoms with E-state index in [9.17, 15) is 18.0 Å². The molecule has 0 aliphatic carbocycles. The minimum absolute atomic E-state index is 0.0310. The van der Waals surface area contributed by atoms with Crippen molar-refractivity contribution in [2.45, 2.75) is 32.9 Å². The summed E-state index contributed by atoms with van der Waals surface area (Å²) in [6.07, 6.45) is -3.48. The monoisotopic (exact) mass is 462 g/mol. The van der Waals surface area contributed by atoms with Gasteiger partial charge in [0.15, 0.2) is 5.65 Å². The number of nitrogens with one attached hydrogen (secondary N) is 1. The van der Waals surface area contributed by atoms with E-state index in [1.165, 1.54) is 6.07 Å². The van der Waals surface area contributed by atoms with Gasteiger partial charge in [-0.05, 0) is 49.9 Å². The van der Waals surface area contributed by atoms with E-state index in [1.54, 1.807) is 6.07 Å². The molecule has 1 N–H and O–H groups in total. The molecule has 0 unspecified atom stereocenters. The van der Waals surface area contributed by atoms with E-state index in [-0.39, 0.29) is 17.5 Å². The predicted molar refractivity (Wildman–Crippen MR) is 115 cm³/mol. The second-order valence-electron chi connectivity index (χ2n) is 8.10. The smallest absolute Gasteiger partial charge is 0.453 e. The molecule has 11 heteroatoms. The zero-order chi connectivity index (χ0) is 23.6. The lowest BCUT2D eigenvalue weighted by Crippen LogP contribution is -2.42. The van der Waals surface area contributed by atoms with Gasteiger partial charge in [-0.2, -0.15) is 17.7 Å². The molecule has 1 fully saturated rings.